The molecule has 0 radical (unpaired) electrons. The van der Waals surface area contributed by atoms with Crippen molar-refractivity contribution in [3.8, 4) is 0 Å². The molecule has 13 heavy (non-hydrogen) atoms. The van der Waals surface area contributed by atoms with Gasteiger partial charge in [-0.1, -0.05) is 0 Å². The second kappa shape index (κ2) is 3.27. The normalized spacial score (nSPS) is 40.2. The number of hydrogen-bond donors (Lipinski definition) is 2. The first-order chi connectivity index (χ1) is 6.20. The van der Waals surface area contributed by atoms with Gasteiger partial charge in [0.05, 0.1) is 0 Å². The fraction of sp³-hybridized carbons (Fsp3) is 0.889. The fourth-order valence-electron chi connectivity index (χ4n) is 2.61. The molecule has 0 saturated carbocycles. The van der Waals surface area contributed by atoms with Crippen LogP contribution in [0, 0.1) is 5.92 Å². The summed E-state index contributed by atoms with van der Waals surface area (Å²) in [5.41, 5.74) is 0. The van der Waals surface area contributed by atoms with Crippen LogP contribution in [0.3, 0.4) is 0 Å². The highest BCUT2D eigenvalue weighted by atomic mass is 16.4. The minimum Gasteiger partial charge on any atom is -0.480 e. The molecule has 0 aromatic carbocycles. The zero-order chi connectivity index (χ0) is 9.42. The van der Waals surface area contributed by atoms with E-state index in [1.54, 1.807) is 0 Å². The summed E-state index contributed by atoms with van der Waals surface area (Å²) in [6.07, 6.45) is 1.96. The molecule has 2 aliphatic rings. The number of aliphatic carboxylic acids is 1. The van der Waals surface area contributed by atoms with Crippen LogP contribution < -0.4 is 5.32 Å². The highest BCUT2D eigenvalue weighted by molar-refractivity contribution is 5.74. The van der Waals surface area contributed by atoms with Crippen LogP contribution in [0.2, 0.25) is 0 Å². The lowest BCUT2D eigenvalue weighted by molar-refractivity contribution is -0.142. The van der Waals surface area contributed by atoms with Crippen LogP contribution in [0.1, 0.15) is 12.8 Å². The summed E-state index contributed by atoms with van der Waals surface area (Å²) in [7, 11) is 1.93. The molecule has 74 valence electrons. The van der Waals surface area contributed by atoms with Gasteiger partial charge in [-0.25, -0.2) is 0 Å². The molecule has 2 saturated heterocycles. The van der Waals surface area contributed by atoms with Crippen molar-refractivity contribution in [1.82, 2.24) is 10.2 Å². The molecule has 0 amide bonds. The van der Waals surface area contributed by atoms with Gasteiger partial charge in [0.15, 0.2) is 0 Å². The van der Waals surface area contributed by atoms with E-state index < -0.39 is 5.97 Å². The van der Waals surface area contributed by atoms with Crippen molar-refractivity contribution in [2.24, 2.45) is 5.92 Å². The zero-order valence-corrected chi connectivity index (χ0v) is 7.86. The zero-order valence-electron chi connectivity index (χ0n) is 7.86. The van der Waals surface area contributed by atoms with Crippen molar-refractivity contribution in [2.75, 3.05) is 20.1 Å². The average Bonchev–Trinajstić information content (AvgIpc) is 2.45. The van der Waals surface area contributed by atoms with Crippen LogP contribution in [0.25, 0.3) is 0 Å². The monoisotopic (exact) mass is 184 g/mol. The number of nitrogens with zero attached hydrogens (tertiary/aromatic N) is 1. The molecular formula is C9H16N2O2. The molecule has 3 atom stereocenters. The number of carboxylic acid groups (broad SMARTS) is 1. The van der Waals surface area contributed by atoms with Crippen LogP contribution in [-0.4, -0.2) is 48.2 Å². The SMILES string of the molecule is CN1[C@H](C(=O)O)C[C@@H]2CCNC[C@@H]21. The fourth-order valence-corrected chi connectivity index (χ4v) is 2.61. The third-order valence-corrected chi connectivity index (χ3v) is 3.42. The summed E-state index contributed by atoms with van der Waals surface area (Å²) in [5.74, 6) is -0.0794. The molecule has 2 N–H and O–H groups in total. The van der Waals surface area contributed by atoms with Crippen LogP contribution in [0.4, 0.5) is 0 Å². The van der Waals surface area contributed by atoms with Crippen LogP contribution in [-0.2, 0) is 4.79 Å². The Labute approximate surface area is 77.9 Å². The van der Waals surface area contributed by atoms with Crippen LogP contribution >= 0.6 is 0 Å². The first-order valence-corrected chi connectivity index (χ1v) is 4.85. The van der Waals surface area contributed by atoms with Crippen molar-refractivity contribution >= 4 is 5.97 Å². The second-order valence-electron chi connectivity index (χ2n) is 4.08. The second-order valence-corrected chi connectivity index (χ2v) is 4.08. The van der Waals surface area contributed by atoms with E-state index in [9.17, 15) is 4.79 Å². The third kappa shape index (κ3) is 1.44. The van der Waals surface area contributed by atoms with Crippen molar-refractivity contribution < 1.29 is 9.90 Å². The molecule has 4 heteroatoms. The van der Waals surface area contributed by atoms with Crippen molar-refractivity contribution in [3.63, 3.8) is 0 Å². The number of rotatable bonds is 1. The molecule has 0 aromatic heterocycles. The minimum atomic E-state index is -0.670. The number of carboxylic acids is 1. The Balaban J connectivity index is 2.09. The van der Waals surface area contributed by atoms with Crippen LogP contribution in [0.5, 0.6) is 0 Å². The average molecular weight is 184 g/mol. The number of likely N-dealkylation sites (tertiary alicyclic amines) is 1. The van der Waals surface area contributed by atoms with Crippen molar-refractivity contribution in [3.05, 3.63) is 0 Å². The lowest BCUT2D eigenvalue weighted by Gasteiger charge is -2.30. The number of carbonyl (C=O) groups is 1. The Morgan fingerprint density at radius 1 is 1.62 bits per heavy atom. The van der Waals surface area contributed by atoms with Gasteiger partial charge in [-0.3, -0.25) is 9.69 Å². The number of hydrogen-bond acceptors (Lipinski definition) is 3. The predicted octanol–water partition coefficient (Wildman–Crippen LogP) is -0.247. The molecule has 0 spiro atoms. The Morgan fingerprint density at radius 3 is 3.00 bits per heavy atom. The number of fused-ring (bicyclic) bond motifs is 1. The first-order valence-electron chi connectivity index (χ1n) is 4.85. The van der Waals surface area contributed by atoms with Gasteiger partial charge in [0.2, 0.25) is 0 Å². The number of nitrogens with one attached hydrogen (secondary N) is 1. The predicted molar refractivity (Wildman–Crippen MR) is 48.6 cm³/mol. The van der Waals surface area contributed by atoms with E-state index in [2.05, 4.69) is 5.32 Å². The summed E-state index contributed by atoms with van der Waals surface area (Å²) in [6.45, 7) is 1.99. The summed E-state index contributed by atoms with van der Waals surface area (Å²) in [4.78, 5) is 12.9. The van der Waals surface area contributed by atoms with Gasteiger partial charge in [-0.15, -0.1) is 0 Å². The molecule has 0 aromatic rings. The Kier molecular flexibility index (Phi) is 2.26. The standard InChI is InChI=1S/C9H16N2O2/c1-11-7(9(12)13)4-6-2-3-10-5-8(6)11/h6-8,10H,2-5H2,1H3,(H,12,13)/t6-,7-,8-/m0/s1. The van der Waals surface area contributed by atoms with E-state index in [1.807, 2.05) is 11.9 Å². The molecule has 0 bridgehead atoms. The molecule has 2 aliphatic heterocycles. The van der Waals surface area contributed by atoms with Gasteiger partial charge in [0.25, 0.3) is 0 Å². The Bertz CT molecular complexity index is 220. The smallest absolute Gasteiger partial charge is 0.320 e. The molecule has 2 heterocycles. The maximum absolute atomic E-state index is 10.9. The van der Waals surface area contributed by atoms with E-state index in [4.69, 9.17) is 5.11 Å². The van der Waals surface area contributed by atoms with Gasteiger partial charge in [0, 0.05) is 12.6 Å². The summed E-state index contributed by atoms with van der Waals surface area (Å²) in [5, 5.41) is 12.3. The highest BCUT2D eigenvalue weighted by Gasteiger charge is 2.42. The highest BCUT2D eigenvalue weighted by Crippen LogP contribution is 2.32. The lowest BCUT2D eigenvalue weighted by atomic mass is 9.92. The molecule has 2 rings (SSSR count). The molecule has 0 unspecified atom stereocenters. The van der Waals surface area contributed by atoms with E-state index in [-0.39, 0.29) is 6.04 Å². The number of piperidine rings is 1. The quantitative estimate of drug-likeness (QED) is 0.590. The Morgan fingerprint density at radius 2 is 2.38 bits per heavy atom. The lowest BCUT2D eigenvalue weighted by Crippen LogP contribution is -2.46. The summed E-state index contributed by atoms with van der Waals surface area (Å²) >= 11 is 0. The van der Waals surface area contributed by atoms with Crippen molar-refractivity contribution in [2.45, 2.75) is 24.9 Å². The van der Waals surface area contributed by atoms with E-state index >= 15 is 0 Å². The van der Waals surface area contributed by atoms with Crippen LogP contribution in [0.15, 0.2) is 0 Å². The summed E-state index contributed by atoms with van der Waals surface area (Å²) in [6, 6.07) is 0.185. The van der Waals surface area contributed by atoms with Gasteiger partial charge < -0.3 is 10.4 Å². The maximum atomic E-state index is 10.9. The minimum absolute atomic E-state index is 0.255. The van der Waals surface area contributed by atoms with Gasteiger partial charge >= 0.3 is 5.97 Å². The van der Waals surface area contributed by atoms with Gasteiger partial charge in [-0.05, 0) is 32.4 Å². The topological polar surface area (TPSA) is 52.6 Å². The van der Waals surface area contributed by atoms with E-state index in [0.29, 0.717) is 12.0 Å². The van der Waals surface area contributed by atoms with E-state index in [1.165, 1.54) is 0 Å². The van der Waals surface area contributed by atoms with Gasteiger partial charge in [-0.2, -0.15) is 0 Å². The molecule has 2 fully saturated rings. The molecular weight excluding hydrogens is 168 g/mol. The summed E-state index contributed by atoms with van der Waals surface area (Å²) < 4.78 is 0. The number of likely N-dealkylation sites (N-methyl/N-ethyl adjacent to an activating group) is 1. The first kappa shape index (κ1) is 8.97. The Hall–Kier alpha value is -0.610. The van der Waals surface area contributed by atoms with Gasteiger partial charge in [0.1, 0.15) is 6.04 Å². The molecule has 4 nitrogen and oxygen atoms in total. The third-order valence-electron chi connectivity index (χ3n) is 3.42. The largest absolute Gasteiger partial charge is 0.480 e. The van der Waals surface area contributed by atoms with E-state index in [0.717, 1.165) is 25.9 Å². The maximum Gasteiger partial charge on any atom is 0.320 e. The molecule has 0 aliphatic carbocycles. The van der Waals surface area contributed by atoms with Crippen molar-refractivity contribution in [1.29, 1.82) is 0 Å².